The summed E-state index contributed by atoms with van der Waals surface area (Å²) in [6.07, 6.45) is 6.21. The molecule has 1 amide bonds. The maximum Gasteiger partial charge on any atom is 0.274 e. The molecule has 5 N–H and O–H groups in total. The smallest absolute Gasteiger partial charge is 0.274 e. The number of aryl methyl sites for hydroxylation is 1. The summed E-state index contributed by atoms with van der Waals surface area (Å²) in [4.78, 5) is 16.7. The molecule has 1 aliphatic carbocycles. The zero-order valence-electron chi connectivity index (χ0n) is 18.6. The number of rotatable bonds is 6. The highest BCUT2D eigenvalue weighted by molar-refractivity contribution is 6.04. The fourth-order valence-electron chi connectivity index (χ4n) is 4.13. The molecule has 0 spiro atoms. The van der Waals surface area contributed by atoms with Crippen LogP contribution in [0.3, 0.4) is 0 Å². The van der Waals surface area contributed by atoms with E-state index in [0.717, 1.165) is 31.9 Å². The minimum Gasteiger partial charge on any atom is -0.366 e. The molecular weight excluding hydrogens is 439 g/mol. The van der Waals surface area contributed by atoms with Crippen molar-refractivity contribution >= 4 is 34.4 Å². The molecule has 4 aromatic rings. The minimum atomic E-state index is -0.619. The van der Waals surface area contributed by atoms with E-state index in [2.05, 4.69) is 31.2 Å². The largest absolute Gasteiger partial charge is 0.366 e. The van der Waals surface area contributed by atoms with Crippen LogP contribution in [0.1, 0.15) is 41.9 Å². The van der Waals surface area contributed by atoms with E-state index in [-0.39, 0.29) is 23.5 Å². The SMILES string of the molecule is Cc1cc(Nc2cc(N[C@H]3CC[C@H](N)CC3)nn3c(C(=O)Nc4ccncc4F)ccc23)no1. The Kier molecular flexibility index (Phi) is 5.84. The molecule has 11 heteroatoms. The fourth-order valence-corrected chi connectivity index (χ4v) is 4.13. The number of hydrogen-bond acceptors (Lipinski definition) is 8. The van der Waals surface area contributed by atoms with Crippen molar-refractivity contribution in [1.29, 1.82) is 0 Å². The Bertz CT molecular complexity index is 1330. The highest BCUT2D eigenvalue weighted by Gasteiger charge is 2.21. The van der Waals surface area contributed by atoms with Crippen molar-refractivity contribution in [3.05, 3.63) is 60.0 Å². The van der Waals surface area contributed by atoms with Gasteiger partial charge in [-0.15, -0.1) is 5.10 Å². The van der Waals surface area contributed by atoms with Crippen LogP contribution in [0.5, 0.6) is 0 Å². The van der Waals surface area contributed by atoms with Gasteiger partial charge < -0.3 is 26.2 Å². The monoisotopic (exact) mass is 464 g/mol. The molecule has 1 saturated carbocycles. The van der Waals surface area contributed by atoms with Crippen LogP contribution in [0.2, 0.25) is 0 Å². The number of nitrogens with zero attached hydrogens (tertiary/aromatic N) is 4. The first-order valence-electron chi connectivity index (χ1n) is 11.1. The van der Waals surface area contributed by atoms with Gasteiger partial charge in [-0.25, -0.2) is 8.91 Å². The maximum atomic E-state index is 14.0. The number of carbonyl (C=O) groups is 1. The van der Waals surface area contributed by atoms with E-state index in [1.54, 1.807) is 25.1 Å². The highest BCUT2D eigenvalue weighted by atomic mass is 19.1. The lowest BCUT2D eigenvalue weighted by Crippen LogP contribution is -2.33. The van der Waals surface area contributed by atoms with Gasteiger partial charge in [-0.3, -0.25) is 9.78 Å². The van der Waals surface area contributed by atoms with E-state index in [1.807, 2.05) is 6.07 Å². The molecular formula is C23H25FN8O2. The second-order valence-corrected chi connectivity index (χ2v) is 8.47. The van der Waals surface area contributed by atoms with Gasteiger partial charge in [0, 0.05) is 30.4 Å². The molecule has 0 aromatic carbocycles. The molecule has 0 radical (unpaired) electrons. The minimum absolute atomic E-state index is 0.0409. The Morgan fingerprint density at radius 1 is 1.15 bits per heavy atom. The van der Waals surface area contributed by atoms with Gasteiger partial charge in [-0.05, 0) is 50.8 Å². The van der Waals surface area contributed by atoms with Crippen LogP contribution in [0.15, 0.2) is 47.2 Å². The number of anilines is 4. The van der Waals surface area contributed by atoms with Crippen LogP contribution in [-0.2, 0) is 0 Å². The number of nitrogens with one attached hydrogen (secondary N) is 3. The predicted octanol–water partition coefficient (Wildman–Crippen LogP) is 3.84. The lowest BCUT2D eigenvalue weighted by Gasteiger charge is -2.27. The summed E-state index contributed by atoms with van der Waals surface area (Å²) >= 11 is 0. The lowest BCUT2D eigenvalue weighted by molar-refractivity contribution is 0.102. The van der Waals surface area contributed by atoms with Gasteiger partial charge in [-0.2, -0.15) is 0 Å². The number of pyridine rings is 1. The second kappa shape index (κ2) is 9.10. The van der Waals surface area contributed by atoms with E-state index in [4.69, 9.17) is 10.3 Å². The fraction of sp³-hybridized carbons (Fsp3) is 0.304. The van der Waals surface area contributed by atoms with Crippen LogP contribution in [-0.4, -0.2) is 37.7 Å². The molecule has 4 heterocycles. The van der Waals surface area contributed by atoms with Crippen LogP contribution in [0.4, 0.5) is 27.4 Å². The Balaban J connectivity index is 1.50. The van der Waals surface area contributed by atoms with Crippen molar-refractivity contribution in [2.75, 3.05) is 16.0 Å². The molecule has 0 atom stereocenters. The maximum absolute atomic E-state index is 14.0. The number of halogens is 1. The molecule has 10 nitrogen and oxygen atoms in total. The Labute approximate surface area is 194 Å². The normalized spacial score (nSPS) is 18.1. The average Bonchev–Trinajstić information content (AvgIpc) is 3.43. The summed E-state index contributed by atoms with van der Waals surface area (Å²) in [5.41, 5.74) is 7.67. The highest BCUT2D eigenvalue weighted by Crippen LogP contribution is 2.28. The molecule has 0 saturated heterocycles. The van der Waals surface area contributed by atoms with Crippen LogP contribution in [0, 0.1) is 12.7 Å². The number of carbonyl (C=O) groups excluding carboxylic acids is 1. The third-order valence-corrected chi connectivity index (χ3v) is 5.89. The topological polar surface area (TPSA) is 135 Å². The first-order valence-corrected chi connectivity index (χ1v) is 11.1. The first kappa shape index (κ1) is 21.8. The number of amides is 1. The Hall–Kier alpha value is -3.99. The third kappa shape index (κ3) is 4.55. The van der Waals surface area contributed by atoms with E-state index >= 15 is 0 Å². The van der Waals surface area contributed by atoms with Crippen molar-refractivity contribution in [1.82, 2.24) is 19.8 Å². The number of hydrogen-bond donors (Lipinski definition) is 4. The molecule has 5 rings (SSSR count). The van der Waals surface area contributed by atoms with Crippen molar-refractivity contribution < 1.29 is 13.7 Å². The van der Waals surface area contributed by atoms with Gasteiger partial charge in [0.1, 0.15) is 17.3 Å². The molecule has 0 bridgehead atoms. The molecule has 0 unspecified atom stereocenters. The molecule has 34 heavy (non-hydrogen) atoms. The summed E-state index contributed by atoms with van der Waals surface area (Å²) in [5.74, 6) is 0.675. The van der Waals surface area contributed by atoms with Crippen LogP contribution >= 0.6 is 0 Å². The van der Waals surface area contributed by atoms with Gasteiger partial charge in [-0.1, -0.05) is 5.16 Å². The summed E-state index contributed by atoms with van der Waals surface area (Å²) < 4.78 is 20.7. The predicted molar refractivity (Wildman–Crippen MR) is 126 cm³/mol. The molecule has 4 aromatic heterocycles. The summed E-state index contributed by atoms with van der Waals surface area (Å²) in [6.45, 7) is 1.80. The summed E-state index contributed by atoms with van der Waals surface area (Å²) in [6, 6.07) is 8.91. The van der Waals surface area contributed by atoms with Gasteiger partial charge in [0.15, 0.2) is 11.6 Å². The number of nitrogens with two attached hydrogens (primary N) is 1. The Morgan fingerprint density at radius 2 is 1.97 bits per heavy atom. The average molecular weight is 465 g/mol. The summed E-state index contributed by atoms with van der Waals surface area (Å²) in [7, 11) is 0. The zero-order valence-corrected chi connectivity index (χ0v) is 18.6. The second-order valence-electron chi connectivity index (χ2n) is 8.47. The van der Waals surface area contributed by atoms with Gasteiger partial charge in [0.2, 0.25) is 0 Å². The van der Waals surface area contributed by atoms with Gasteiger partial charge in [0.05, 0.1) is 23.1 Å². The van der Waals surface area contributed by atoms with E-state index in [1.165, 1.54) is 16.8 Å². The summed E-state index contributed by atoms with van der Waals surface area (Å²) in [5, 5.41) is 18.0. The number of fused-ring (bicyclic) bond motifs is 1. The van der Waals surface area contributed by atoms with Crippen LogP contribution in [0.25, 0.3) is 5.52 Å². The Morgan fingerprint density at radius 3 is 2.71 bits per heavy atom. The number of aromatic nitrogens is 4. The lowest BCUT2D eigenvalue weighted by atomic mass is 9.92. The molecule has 1 fully saturated rings. The zero-order chi connectivity index (χ0) is 23.7. The van der Waals surface area contributed by atoms with Gasteiger partial charge in [0.25, 0.3) is 5.91 Å². The van der Waals surface area contributed by atoms with E-state index in [0.29, 0.717) is 28.6 Å². The molecule has 176 valence electrons. The first-order chi connectivity index (χ1) is 16.5. The van der Waals surface area contributed by atoms with Crippen LogP contribution < -0.4 is 21.7 Å². The van der Waals surface area contributed by atoms with Crippen molar-refractivity contribution in [3.63, 3.8) is 0 Å². The van der Waals surface area contributed by atoms with Crippen molar-refractivity contribution in [2.45, 2.75) is 44.7 Å². The molecule has 1 aliphatic rings. The molecule has 0 aliphatic heterocycles. The van der Waals surface area contributed by atoms with E-state index < -0.39 is 11.7 Å². The van der Waals surface area contributed by atoms with Crippen molar-refractivity contribution in [3.8, 4) is 0 Å². The third-order valence-electron chi connectivity index (χ3n) is 5.89. The quantitative estimate of drug-likeness (QED) is 0.338. The van der Waals surface area contributed by atoms with E-state index in [9.17, 15) is 9.18 Å². The standard InChI is InChI=1S/C23H25FN8O2/c1-13-10-22(31-34-13)28-18-11-21(27-15-4-2-14(25)3-5-15)30-32-19(18)6-7-20(32)23(33)29-17-8-9-26-12-16(17)24/h6-12,14-15H,2-5,25H2,1H3,(H,27,30)(H,28,31)(H,26,29,33)/t14-,15-. The van der Waals surface area contributed by atoms with Gasteiger partial charge >= 0.3 is 0 Å². The van der Waals surface area contributed by atoms with Crippen molar-refractivity contribution in [2.24, 2.45) is 5.73 Å².